The van der Waals surface area contributed by atoms with E-state index in [0.717, 1.165) is 11.1 Å². The number of amides is 1. The van der Waals surface area contributed by atoms with Crippen LogP contribution in [0.25, 0.3) is 6.08 Å². The number of rotatable bonds is 7. The van der Waals surface area contributed by atoms with Crippen LogP contribution in [0.5, 0.6) is 11.5 Å². The first-order chi connectivity index (χ1) is 13.6. The molecule has 0 saturated heterocycles. The summed E-state index contributed by atoms with van der Waals surface area (Å²) in [5, 5.41) is 2.64. The van der Waals surface area contributed by atoms with E-state index in [-0.39, 0.29) is 12.4 Å². The second-order valence-corrected chi connectivity index (χ2v) is 6.07. The molecule has 28 heavy (non-hydrogen) atoms. The van der Waals surface area contributed by atoms with Crippen LogP contribution >= 0.6 is 0 Å². The van der Waals surface area contributed by atoms with E-state index in [1.54, 1.807) is 36.4 Å². The first-order valence-corrected chi connectivity index (χ1v) is 8.86. The second-order valence-electron chi connectivity index (χ2n) is 6.07. The van der Waals surface area contributed by atoms with Crippen molar-refractivity contribution < 1.29 is 28.2 Å². The topological polar surface area (TPSA) is 73.9 Å². The molecular weight excluding hydrogens is 365 g/mol. The van der Waals surface area contributed by atoms with Crippen molar-refractivity contribution in [1.82, 2.24) is 5.32 Å². The van der Waals surface area contributed by atoms with Crippen molar-refractivity contribution in [2.75, 3.05) is 26.4 Å². The summed E-state index contributed by atoms with van der Waals surface area (Å²) in [6, 6.07) is 11.4. The molecule has 1 aliphatic heterocycles. The average Bonchev–Trinajstić information content (AvgIpc) is 2.72. The Bertz CT molecular complexity index is 864. The summed E-state index contributed by atoms with van der Waals surface area (Å²) in [5.74, 6) is -0.0265. The molecule has 6 nitrogen and oxygen atoms in total. The first-order valence-electron chi connectivity index (χ1n) is 8.86. The minimum absolute atomic E-state index is 0.302. The number of fused-ring (bicyclic) bond motifs is 1. The zero-order chi connectivity index (χ0) is 19.8. The van der Waals surface area contributed by atoms with Gasteiger partial charge in [0.05, 0.1) is 0 Å². The number of esters is 1. The normalized spacial score (nSPS) is 12.6. The van der Waals surface area contributed by atoms with Gasteiger partial charge in [0.15, 0.2) is 18.1 Å². The lowest BCUT2D eigenvalue weighted by molar-refractivity contribution is -0.143. The van der Waals surface area contributed by atoms with Gasteiger partial charge < -0.3 is 19.5 Å². The van der Waals surface area contributed by atoms with E-state index in [0.29, 0.717) is 37.7 Å². The molecule has 0 radical (unpaired) electrons. The maximum absolute atomic E-state index is 12.8. The number of halogens is 1. The van der Waals surface area contributed by atoms with Gasteiger partial charge in [-0.05, 0) is 47.9 Å². The van der Waals surface area contributed by atoms with Crippen molar-refractivity contribution in [3.05, 3.63) is 65.5 Å². The number of benzene rings is 2. The Kier molecular flexibility index (Phi) is 6.62. The van der Waals surface area contributed by atoms with Gasteiger partial charge in [0.2, 0.25) is 0 Å². The molecule has 0 saturated carbocycles. The Morgan fingerprint density at radius 1 is 1.07 bits per heavy atom. The third-order valence-electron chi connectivity index (χ3n) is 3.97. The molecular formula is C21H20FNO5. The van der Waals surface area contributed by atoms with Crippen LogP contribution in [0.4, 0.5) is 4.39 Å². The maximum Gasteiger partial charge on any atom is 0.331 e. The molecule has 3 rings (SSSR count). The maximum atomic E-state index is 12.8. The van der Waals surface area contributed by atoms with E-state index < -0.39 is 11.9 Å². The number of nitrogens with one attached hydrogen (secondary N) is 1. The van der Waals surface area contributed by atoms with Crippen LogP contribution in [0.1, 0.15) is 11.1 Å². The fourth-order valence-electron chi connectivity index (χ4n) is 2.56. The molecule has 0 aromatic heterocycles. The molecule has 1 heterocycles. The molecule has 0 fully saturated rings. The van der Waals surface area contributed by atoms with Crippen molar-refractivity contribution in [3.63, 3.8) is 0 Å². The fraction of sp³-hybridized carbons (Fsp3) is 0.238. The zero-order valence-corrected chi connectivity index (χ0v) is 15.2. The van der Waals surface area contributed by atoms with Gasteiger partial charge in [0.1, 0.15) is 19.0 Å². The molecule has 0 spiro atoms. The highest BCUT2D eigenvalue weighted by atomic mass is 19.1. The van der Waals surface area contributed by atoms with Crippen LogP contribution in [0.2, 0.25) is 0 Å². The Hall–Kier alpha value is -3.35. The number of hydrogen-bond acceptors (Lipinski definition) is 5. The molecule has 2 aromatic rings. The Labute approximate surface area is 161 Å². The van der Waals surface area contributed by atoms with Gasteiger partial charge in [-0.3, -0.25) is 4.79 Å². The van der Waals surface area contributed by atoms with Crippen LogP contribution in [-0.2, 0) is 20.7 Å². The van der Waals surface area contributed by atoms with Crippen LogP contribution in [0, 0.1) is 5.82 Å². The van der Waals surface area contributed by atoms with E-state index in [2.05, 4.69) is 5.32 Å². The quantitative estimate of drug-likeness (QED) is 0.586. The molecule has 0 atom stereocenters. The molecule has 0 aliphatic carbocycles. The predicted molar refractivity (Wildman–Crippen MR) is 101 cm³/mol. The average molecular weight is 385 g/mol. The largest absolute Gasteiger partial charge is 0.486 e. The molecule has 2 aromatic carbocycles. The summed E-state index contributed by atoms with van der Waals surface area (Å²) in [6.45, 7) is 1.00. The molecule has 0 bridgehead atoms. The number of hydrogen-bond donors (Lipinski definition) is 1. The number of carbonyl (C=O) groups excluding carboxylic acids is 2. The Morgan fingerprint density at radius 3 is 2.61 bits per heavy atom. The van der Waals surface area contributed by atoms with E-state index in [4.69, 9.17) is 14.2 Å². The lowest BCUT2D eigenvalue weighted by Crippen LogP contribution is -2.30. The molecule has 7 heteroatoms. The van der Waals surface area contributed by atoms with Gasteiger partial charge in [-0.2, -0.15) is 0 Å². The van der Waals surface area contributed by atoms with Gasteiger partial charge in [-0.25, -0.2) is 9.18 Å². The van der Waals surface area contributed by atoms with Gasteiger partial charge in [-0.15, -0.1) is 0 Å². The third kappa shape index (κ3) is 5.84. The van der Waals surface area contributed by atoms with E-state index in [9.17, 15) is 14.0 Å². The summed E-state index contributed by atoms with van der Waals surface area (Å²) in [6.07, 6.45) is 3.38. The highest BCUT2D eigenvalue weighted by Gasteiger charge is 2.11. The van der Waals surface area contributed by atoms with E-state index >= 15 is 0 Å². The summed E-state index contributed by atoms with van der Waals surface area (Å²) in [4.78, 5) is 23.5. The molecule has 1 N–H and O–H groups in total. The van der Waals surface area contributed by atoms with Crippen molar-refractivity contribution in [1.29, 1.82) is 0 Å². The number of carbonyl (C=O) groups is 2. The van der Waals surface area contributed by atoms with Crippen LogP contribution in [0.15, 0.2) is 48.5 Å². The van der Waals surface area contributed by atoms with Crippen LogP contribution in [0.3, 0.4) is 0 Å². The molecule has 1 amide bonds. The first kappa shape index (κ1) is 19.4. The highest BCUT2D eigenvalue weighted by Crippen LogP contribution is 2.31. The summed E-state index contributed by atoms with van der Waals surface area (Å²) in [7, 11) is 0. The van der Waals surface area contributed by atoms with Gasteiger partial charge in [-0.1, -0.05) is 18.2 Å². The van der Waals surface area contributed by atoms with Crippen molar-refractivity contribution >= 4 is 18.0 Å². The van der Waals surface area contributed by atoms with Gasteiger partial charge >= 0.3 is 5.97 Å². The Morgan fingerprint density at radius 2 is 1.82 bits per heavy atom. The van der Waals surface area contributed by atoms with E-state index in [1.165, 1.54) is 18.2 Å². The molecule has 1 aliphatic rings. The fourth-order valence-corrected chi connectivity index (χ4v) is 2.56. The van der Waals surface area contributed by atoms with Crippen LogP contribution < -0.4 is 14.8 Å². The standard InChI is InChI=1S/C21H20FNO5/c22-17-5-1-15(2-6-17)9-10-23-20(24)14-28-21(25)8-4-16-3-7-18-19(13-16)27-12-11-26-18/h1-8,13H,9-12,14H2,(H,23,24)/b8-4+. The summed E-state index contributed by atoms with van der Waals surface area (Å²) >= 11 is 0. The lowest BCUT2D eigenvalue weighted by Gasteiger charge is -2.18. The SMILES string of the molecule is O=C(COC(=O)/C=C/c1ccc2c(c1)OCCO2)NCCc1ccc(F)cc1. The predicted octanol–water partition coefficient (Wildman–Crippen LogP) is 2.51. The van der Waals surface area contributed by atoms with Crippen molar-refractivity contribution in [2.24, 2.45) is 0 Å². The van der Waals surface area contributed by atoms with Crippen molar-refractivity contribution in [3.8, 4) is 11.5 Å². The van der Waals surface area contributed by atoms with Crippen LogP contribution in [-0.4, -0.2) is 38.2 Å². The number of ether oxygens (including phenoxy) is 3. The minimum Gasteiger partial charge on any atom is -0.486 e. The van der Waals surface area contributed by atoms with Gasteiger partial charge in [0, 0.05) is 12.6 Å². The van der Waals surface area contributed by atoms with E-state index in [1.807, 2.05) is 0 Å². The molecule has 146 valence electrons. The lowest BCUT2D eigenvalue weighted by atomic mass is 10.1. The highest BCUT2D eigenvalue weighted by molar-refractivity contribution is 5.89. The van der Waals surface area contributed by atoms with Crippen molar-refractivity contribution in [2.45, 2.75) is 6.42 Å². The third-order valence-corrected chi connectivity index (χ3v) is 3.97. The second kappa shape index (κ2) is 9.55. The smallest absolute Gasteiger partial charge is 0.331 e. The monoisotopic (exact) mass is 385 g/mol. The van der Waals surface area contributed by atoms with Gasteiger partial charge in [0.25, 0.3) is 5.91 Å². The minimum atomic E-state index is -0.622. The Balaban J connectivity index is 1.38. The summed E-state index contributed by atoms with van der Waals surface area (Å²) < 4.78 is 28.6. The molecule has 0 unspecified atom stereocenters. The summed E-state index contributed by atoms with van der Waals surface area (Å²) in [5.41, 5.74) is 1.66. The zero-order valence-electron chi connectivity index (χ0n) is 15.2.